The smallest absolute Gasteiger partial charge is 0.338 e. The Labute approximate surface area is 181 Å². The van der Waals surface area contributed by atoms with Crippen LogP contribution in [0.4, 0.5) is 11.5 Å². The maximum absolute atomic E-state index is 12.3. The summed E-state index contributed by atoms with van der Waals surface area (Å²) in [7, 11) is 0. The van der Waals surface area contributed by atoms with Crippen molar-refractivity contribution in [2.24, 2.45) is 11.8 Å². The lowest BCUT2D eigenvalue weighted by Gasteiger charge is -2.35. The Morgan fingerprint density at radius 1 is 1.17 bits per heavy atom. The molecular formula is C22H28N4O3S. The van der Waals surface area contributed by atoms with Crippen molar-refractivity contribution in [2.75, 3.05) is 35.7 Å². The van der Waals surface area contributed by atoms with Gasteiger partial charge in [-0.25, -0.2) is 14.8 Å². The minimum atomic E-state index is -0.372. The fraction of sp³-hybridized carbons (Fsp3) is 0.455. The van der Waals surface area contributed by atoms with Crippen molar-refractivity contribution in [2.45, 2.75) is 32.2 Å². The highest BCUT2D eigenvalue weighted by Crippen LogP contribution is 2.27. The van der Waals surface area contributed by atoms with Gasteiger partial charge in [0.1, 0.15) is 17.2 Å². The molecule has 1 saturated heterocycles. The maximum atomic E-state index is 12.3. The van der Waals surface area contributed by atoms with Crippen molar-refractivity contribution in [3.63, 3.8) is 0 Å². The second kappa shape index (κ2) is 10.4. The second-order valence-corrected chi connectivity index (χ2v) is 8.70. The molecule has 7 nitrogen and oxygen atoms in total. The van der Waals surface area contributed by atoms with Gasteiger partial charge in [0.25, 0.3) is 0 Å². The average molecular weight is 429 g/mol. The molecule has 3 rings (SSSR count). The number of esters is 1. The van der Waals surface area contributed by atoms with Gasteiger partial charge in [-0.15, -0.1) is 0 Å². The van der Waals surface area contributed by atoms with Gasteiger partial charge in [0.2, 0.25) is 5.91 Å². The monoisotopic (exact) mass is 428 g/mol. The molecule has 2 aromatic rings. The van der Waals surface area contributed by atoms with Crippen LogP contribution in [0.2, 0.25) is 0 Å². The first kappa shape index (κ1) is 22.1. The number of aromatic nitrogens is 2. The van der Waals surface area contributed by atoms with Gasteiger partial charge in [-0.2, -0.15) is 0 Å². The summed E-state index contributed by atoms with van der Waals surface area (Å²) in [5.74, 6) is 1.93. The standard InChI is InChI=1S/C22H28N4O3S/c1-4-29-22(28)17-5-7-18(8-6-17)25-20(27)13-30-21-10-19(23-14-24-21)26-11-15(2)9-16(3)12-26/h5-8,10,14-16H,4,9,11-13H2,1-3H3,(H,25,27)/t15-,16+. The van der Waals surface area contributed by atoms with E-state index in [1.165, 1.54) is 18.2 Å². The molecule has 1 aromatic heterocycles. The Hall–Kier alpha value is -2.61. The number of nitrogens with one attached hydrogen (secondary N) is 1. The molecule has 1 aliphatic rings. The fourth-order valence-corrected chi connectivity index (χ4v) is 4.33. The molecule has 2 heterocycles. The number of anilines is 2. The third kappa shape index (κ3) is 6.19. The molecule has 1 aliphatic heterocycles. The van der Waals surface area contributed by atoms with Crippen LogP contribution in [0, 0.1) is 11.8 Å². The summed E-state index contributed by atoms with van der Waals surface area (Å²) in [6.45, 7) is 8.61. The van der Waals surface area contributed by atoms with Crippen molar-refractivity contribution in [3.8, 4) is 0 Å². The van der Waals surface area contributed by atoms with Gasteiger partial charge in [0, 0.05) is 24.8 Å². The zero-order valence-electron chi connectivity index (χ0n) is 17.6. The number of carbonyl (C=O) groups is 2. The Morgan fingerprint density at radius 3 is 2.53 bits per heavy atom. The highest BCUT2D eigenvalue weighted by atomic mass is 32.2. The average Bonchev–Trinajstić information content (AvgIpc) is 2.72. The first-order chi connectivity index (χ1) is 14.4. The lowest BCUT2D eigenvalue weighted by atomic mass is 9.92. The van der Waals surface area contributed by atoms with Crippen molar-refractivity contribution in [3.05, 3.63) is 42.2 Å². The van der Waals surface area contributed by atoms with Crippen molar-refractivity contribution in [1.29, 1.82) is 0 Å². The van der Waals surface area contributed by atoms with Gasteiger partial charge in [-0.05, 0) is 49.4 Å². The number of nitrogens with zero attached hydrogens (tertiary/aromatic N) is 3. The topological polar surface area (TPSA) is 84.4 Å². The summed E-state index contributed by atoms with van der Waals surface area (Å²) in [5, 5.41) is 3.61. The van der Waals surface area contributed by atoms with Gasteiger partial charge in [0.15, 0.2) is 0 Å². The van der Waals surface area contributed by atoms with E-state index in [0.717, 1.165) is 23.9 Å². The van der Waals surface area contributed by atoms with Gasteiger partial charge in [-0.1, -0.05) is 25.6 Å². The number of carbonyl (C=O) groups excluding carboxylic acids is 2. The van der Waals surface area contributed by atoms with Crippen LogP contribution in [0.5, 0.6) is 0 Å². The summed E-state index contributed by atoms with van der Waals surface area (Å²) in [4.78, 5) is 35.0. The first-order valence-corrected chi connectivity index (χ1v) is 11.2. The lowest BCUT2D eigenvalue weighted by Crippen LogP contribution is -2.39. The molecule has 0 spiro atoms. The number of amides is 1. The maximum Gasteiger partial charge on any atom is 0.338 e. The predicted octanol–water partition coefficient (Wildman–Crippen LogP) is 3.87. The van der Waals surface area contributed by atoms with Crippen molar-refractivity contribution >= 4 is 35.1 Å². The van der Waals surface area contributed by atoms with Crippen LogP contribution in [0.15, 0.2) is 41.7 Å². The van der Waals surface area contributed by atoms with Crippen LogP contribution in [-0.4, -0.2) is 47.3 Å². The highest BCUT2D eigenvalue weighted by molar-refractivity contribution is 7.99. The first-order valence-electron chi connectivity index (χ1n) is 10.2. The molecule has 30 heavy (non-hydrogen) atoms. The van der Waals surface area contributed by atoms with Gasteiger partial charge < -0.3 is 15.0 Å². The van der Waals surface area contributed by atoms with Crippen LogP contribution >= 0.6 is 11.8 Å². The quantitative estimate of drug-likeness (QED) is 0.407. The molecule has 0 aliphatic carbocycles. The van der Waals surface area contributed by atoms with E-state index < -0.39 is 0 Å². The van der Waals surface area contributed by atoms with E-state index in [1.807, 2.05) is 6.07 Å². The number of hydrogen-bond acceptors (Lipinski definition) is 7. The van der Waals surface area contributed by atoms with Gasteiger partial charge in [-0.3, -0.25) is 4.79 Å². The summed E-state index contributed by atoms with van der Waals surface area (Å²) in [5.41, 5.74) is 1.09. The summed E-state index contributed by atoms with van der Waals surface area (Å²) in [6, 6.07) is 8.61. The Balaban J connectivity index is 1.53. The molecule has 0 saturated carbocycles. The molecule has 0 radical (unpaired) electrons. The zero-order valence-corrected chi connectivity index (χ0v) is 18.4. The molecule has 0 bridgehead atoms. The number of thioether (sulfide) groups is 1. The number of hydrogen-bond donors (Lipinski definition) is 1. The number of benzene rings is 1. The molecule has 1 amide bonds. The Bertz CT molecular complexity index is 865. The Morgan fingerprint density at radius 2 is 1.87 bits per heavy atom. The van der Waals surface area contributed by atoms with Crippen molar-refractivity contribution in [1.82, 2.24) is 9.97 Å². The van der Waals surface area contributed by atoms with E-state index in [0.29, 0.717) is 29.7 Å². The molecule has 1 aromatic carbocycles. The summed E-state index contributed by atoms with van der Waals surface area (Å²) >= 11 is 1.38. The summed E-state index contributed by atoms with van der Waals surface area (Å²) in [6.07, 6.45) is 2.80. The number of piperidine rings is 1. The molecule has 8 heteroatoms. The molecule has 2 atom stereocenters. The van der Waals surface area contributed by atoms with Crippen molar-refractivity contribution < 1.29 is 14.3 Å². The van der Waals surface area contributed by atoms with Crippen LogP contribution in [0.25, 0.3) is 0 Å². The van der Waals surface area contributed by atoms with E-state index in [4.69, 9.17) is 4.74 Å². The van der Waals surface area contributed by atoms with E-state index >= 15 is 0 Å². The molecule has 1 fully saturated rings. The number of ether oxygens (including phenoxy) is 1. The van der Waals surface area contributed by atoms with E-state index in [9.17, 15) is 9.59 Å². The number of rotatable bonds is 7. The second-order valence-electron chi connectivity index (χ2n) is 7.70. The normalized spacial score (nSPS) is 18.7. The molecule has 0 unspecified atom stereocenters. The van der Waals surface area contributed by atoms with Crippen LogP contribution in [0.1, 0.15) is 37.6 Å². The van der Waals surface area contributed by atoms with E-state index in [2.05, 4.69) is 34.0 Å². The fourth-order valence-electron chi connectivity index (χ4n) is 3.67. The molecule has 160 valence electrons. The highest BCUT2D eigenvalue weighted by Gasteiger charge is 2.23. The Kier molecular flexibility index (Phi) is 7.68. The molecule has 1 N–H and O–H groups in total. The minimum absolute atomic E-state index is 0.135. The lowest BCUT2D eigenvalue weighted by molar-refractivity contribution is -0.113. The van der Waals surface area contributed by atoms with Crippen LogP contribution in [-0.2, 0) is 9.53 Å². The van der Waals surface area contributed by atoms with E-state index in [-0.39, 0.29) is 17.6 Å². The van der Waals surface area contributed by atoms with Crippen LogP contribution < -0.4 is 10.2 Å². The van der Waals surface area contributed by atoms with Gasteiger partial charge >= 0.3 is 5.97 Å². The molecular weight excluding hydrogens is 400 g/mol. The summed E-state index contributed by atoms with van der Waals surface area (Å²) < 4.78 is 4.96. The predicted molar refractivity (Wildman–Crippen MR) is 119 cm³/mol. The van der Waals surface area contributed by atoms with Gasteiger partial charge in [0.05, 0.1) is 17.9 Å². The zero-order chi connectivity index (χ0) is 21.5. The SMILES string of the molecule is CCOC(=O)c1ccc(NC(=O)CSc2cc(N3C[C@H](C)C[C@H](C)C3)ncn2)cc1. The van der Waals surface area contributed by atoms with Crippen LogP contribution in [0.3, 0.4) is 0 Å². The largest absolute Gasteiger partial charge is 0.462 e. The third-order valence-corrected chi connectivity index (χ3v) is 5.78. The van der Waals surface area contributed by atoms with E-state index in [1.54, 1.807) is 37.5 Å². The minimum Gasteiger partial charge on any atom is -0.462 e. The third-order valence-electron chi connectivity index (χ3n) is 4.85.